The number of fused-ring (bicyclic) bond motifs is 2. The van der Waals surface area contributed by atoms with Crippen LogP contribution in [0.25, 0.3) is 27.7 Å². The largest absolute Gasteiger partial charge is 0.381 e. The second-order valence-electron chi connectivity index (χ2n) is 9.08. The van der Waals surface area contributed by atoms with E-state index in [1.807, 2.05) is 56.6 Å². The van der Waals surface area contributed by atoms with Crippen molar-refractivity contribution in [3.05, 3.63) is 102 Å². The van der Waals surface area contributed by atoms with Gasteiger partial charge in [0.05, 0.1) is 35.1 Å². The number of hydrogen-bond acceptors (Lipinski definition) is 7. The molecule has 6 rings (SSSR count). The first-order valence-corrected chi connectivity index (χ1v) is 12.2. The number of nitrogens with two attached hydrogens (primary N) is 1. The lowest BCUT2D eigenvalue weighted by Gasteiger charge is -2.19. The summed E-state index contributed by atoms with van der Waals surface area (Å²) < 4.78 is 3.20. The van der Waals surface area contributed by atoms with E-state index in [0.29, 0.717) is 11.2 Å². The molecule has 3 N–H and O–H groups in total. The van der Waals surface area contributed by atoms with Crippen molar-refractivity contribution in [2.24, 2.45) is 7.05 Å². The van der Waals surface area contributed by atoms with Gasteiger partial charge in [0.25, 0.3) is 5.91 Å². The summed E-state index contributed by atoms with van der Waals surface area (Å²) in [6.07, 6.45) is 8.53. The Hall–Kier alpha value is -5.56. The van der Waals surface area contributed by atoms with Crippen molar-refractivity contribution in [1.82, 2.24) is 39.9 Å². The van der Waals surface area contributed by atoms with Gasteiger partial charge >= 0.3 is 0 Å². The molecule has 0 aliphatic carbocycles. The smallest absolute Gasteiger partial charge is 0.259 e. The molecule has 0 spiro atoms. The Labute approximate surface area is 223 Å². The van der Waals surface area contributed by atoms with Crippen LogP contribution in [0.5, 0.6) is 0 Å². The van der Waals surface area contributed by atoms with Crippen LogP contribution >= 0.6 is 0 Å². The molecule has 0 saturated carbocycles. The SMILES string of the molecule is C[C@@H](NC(=O)c1c(N)nn2cccnc12)c1cc2nncc(C#Cc3cnn(C)c3)c2cc1-c1ccccc1. The third-order valence-corrected chi connectivity index (χ3v) is 6.41. The zero-order valence-electron chi connectivity index (χ0n) is 21.2. The first kappa shape index (κ1) is 23.8. The van der Waals surface area contributed by atoms with Crippen molar-refractivity contribution < 1.29 is 4.79 Å². The number of nitrogen functional groups attached to an aromatic ring is 1. The Kier molecular flexibility index (Phi) is 5.93. The molecule has 0 aliphatic rings. The molecule has 39 heavy (non-hydrogen) atoms. The molecule has 4 heterocycles. The zero-order valence-corrected chi connectivity index (χ0v) is 21.2. The lowest BCUT2D eigenvalue weighted by molar-refractivity contribution is 0.0942. The zero-order chi connectivity index (χ0) is 26.9. The number of aromatic nitrogens is 7. The third kappa shape index (κ3) is 4.53. The van der Waals surface area contributed by atoms with Crippen molar-refractivity contribution in [2.45, 2.75) is 13.0 Å². The van der Waals surface area contributed by atoms with Gasteiger partial charge in [0, 0.05) is 31.0 Å². The molecule has 0 fully saturated rings. The van der Waals surface area contributed by atoms with Crippen LogP contribution in [0.3, 0.4) is 0 Å². The number of anilines is 1. The highest BCUT2D eigenvalue weighted by Crippen LogP contribution is 2.33. The summed E-state index contributed by atoms with van der Waals surface area (Å²) in [5, 5.41) is 20.9. The lowest BCUT2D eigenvalue weighted by Crippen LogP contribution is -2.27. The van der Waals surface area contributed by atoms with E-state index in [9.17, 15) is 4.79 Å². The quantitative estimate of drug-likeness (QED) is 0.345. The predicted octanol–water partition coefficient (Wildman–Crippen LogP) is 3.55. The van der Waals surface area contributed by atoms with Gasteiger partial charge in [0.1, 0.15) is 5.56 Å². The number of aryl methyl sites for hydroxylation is 1. The summed E-state index contributed by atoms with van der Waals surface area (Å²) in [4.78, 5) is 17.7. The predicted molar refractivity (Wildman–Crippen MR) is 147 cm³/mol. The number of benzene rings is 2. The minimum atomic E-state index is -0.401. The highest BCUT2D eigenvalue weighted by molar-refractivity contribution is 6.04. The average molecular weight is 514 g/mol. The van der Waals surface area contributed by atoms with E-state index in [-0.39, 0.29) is 17.3 Å². The topological polar surface area (TPSA) is 129 Å². The summed E-state index contributed by atoms with van der Waals surface area (Å²) in [5.41, 5.74) is 11.7. The van der Waals surface area contributed by atoms with Crippen LogP contribution in [0.1, 0.15) is 40.0 Å². The molecule has 10 nitrogen and oxygen atoms in total. The second-order valence-corrected chi connectivity index (χ2v) is 9.08. The molecule has 1 amide bonds. The Morgan fingerprint density at radius 3 is 2.74 bits per heavy atom. The number of nitrogens with zero attached hydrogens (tertiary/aromatic N) is 7. The standard InChI is InChI=1S/C29H23N9O/c1-18(34-29(39)26-27(30)36-38-12-6-11-31-28(26)38)22-14-25-24(13-23(22)20-7-4-3-5-8-20)21(16-32-35-25)10-9-19-15-33-37(2)17-19/h3-8,11-18H,1-2H3,(H2,30,36)(H,34,39)/t18-/m1/s1. The van der Waals surface area contributed by atoms with Gasteiger partial charge in [0.15, 0.2) is 11.5 Å². The van der Waals surface area contributed by atoms with Gasteiger partial charge in [-0.2, -0.15) is 15.3 Å². The van der Waals surface area contributed by atoms with Crippen molar-refractivity contribution in [1.29, 1.82) is 0 Å². The monoisotopic (exact) mass is 513 g/mol. The second kappa shape index (κ2) is 9.72. The molecule has 4 aromatic heterocycles. The Morgan fingerprint density at radius 1 is 1.10 bits per heavy atom. The molecule has 0 radical (unpaired) electrons. The summed E-state index contributed by atoms with van der Waals surface area (Å²) >= 11 is 0. The molecule has 6 aromatic rings. The normalized spacial score (nSPS) is 11.7. The van der Waals surface area contributed by atoms with E-state index in [4.69, 9.17) is 5.73 Å². The molecule has 0 saturated heterocycles. The fourth-order valence-corrected chi connectivity index (χ4v) is 4.54. The van der Waals surface area contributed by atoms with Crippen LogP contribution in [0, 0.1) is 11.8 Å². The molecule has 2 aromatic carbocycles. The molecule has 0 unspecified atom stereocenters. The van der Waals surface area contributed by atoms with E-state index in [0.717, 1.165) is 33.2 Å². The first-order chi connectivity index (χ1) is 19.0. The van der Waals surface area contributed by atoms with E-state index < -0.39 is 6.04 Å². The number of hydrogen-bond donors (Lipinski definition) is 2. The summed E-state index contributed by atoms with van der Waals surface area (Å²) in [6, 6.07) is 15.3. The minimum absolute atomic E-state index is 0.114. The molecule has 10 heteroatoms. The fraction of sp³-hybridized carbons (Fsp3) is 0.103. The summed E-state index contributed by atoms with van der Waals surface area (Å²) in [7, 11) is 1.85. The average Bonchev–Trinajstić information content (AvgIpc) is 3.52. The molecule has 1 atom stereocenters. The van der Waals surface area contributed by atoms with E-state index in [1.165, 1.54) is 4.52 Å². The van der Waals surface area contributed by atoms with Crippen LogP contribution in [0.2, 0.25) is 0 Å². The van der Waals surface area contributed by atoms with Crippen LogP contribution in [-0.4, -0.2) is 40.5 Å². The molecular formula is C29H23N9O. The summed E-state index contributed by atoms with van der Waals surface area (Å²) in [5.74, 6) is 6.11. The number of rotatable bonds is 4. The molecule has 0 aliphatic heterocycles. The van der Waals surface area contributed by atoms with E-state index in [2.05, 4.69) is 48.6 Å². The van der Waals surface area contributed by atoms with Gasteiger partial charge in [-0.1, -0.05) is 42.2 Å². The van der Waals surface area contributed by atoms with Crippen LogP contribution < -0.4 is 11.1 Å². The van der Waals surface area contributed by atoms with Gasteiger partial charge in [-0.3, -0.25) is 9.48 Å². The van der Waals surface area contributed by atoms with Crippen molar-refractivity contribution in [2.75, 3.05) is 5.73 Å². The maximum Gasteiger partial charge on any atom is 0.259 e. The molecule has 190 valence electrons. The lowest BCUT2D eigenvalue weighted by atomic mass is 9.92. The number of carbonyl (C=O) groups excluding carboxylic acids is 1. The Morgan fingerprint density at radius 2 is 1.95 bits per heavy atom. The summed E-state index contributed by atoms with van der Waals surface area (Å²) in [6.45, 7) is 1.92. The number of amides is 1. The third-order valence-electron chi connectivity index (χ3n) is 6.41. The van der Waals surface area contributed by atoms with Gasteiger partial charge < -0.3 is 11.1 Å². The van der Waals surface area contributed by atoms with Crippen LogP contribution in [-0.2, 0) is 7.05 Å². The Balaban J connectivity index is 1.43. The molecule has 0 bridgehead atoms. The maximum atomic E-state index is 13.4. The van der Waals surface area contributed by atoms with Gasteiger partial charge in [-0.05, 0) is 41.8 Å². The van der Waals surface area contributed by atoms with E-state index >= 15 is 0 Å². The minimum Gasteiger partial charge on any atom is -0.381 e. The molecular weight excluding hydrogens is 490 g/mol. The fourth-order valence-electron chi connectivity index (χ4n) is 4.54. The highest BCUT2D eigenvalue weighted by atomic mass is 16.1. The van der Waals surface area contributed by atoms with Crippen molar-refractivity contribution >= 4 is 28.3 Å². The number of carbonyl (C=O) groups is 1. The van der Waals surface area contributed by atoms with E-state index in [1.54, 1.807) is 35.5 Å². The van der Waals surface area contributed by atoms with Crippen molar-refractivity contribution in [3.63, 3.8) is 0 Å². The first-order valence-electron chi connectivity index (χ1n) is 12.2. The van der Waals surface area contributed by atoms with Crippen molar-refractivity contribution in [3.8, 4) is 23.0 Å². The highest BCUT2D eigenvalue weighted by Gasteiger charge is 2.23. The van der Waals surface area contributed by atoms with Gasteiger partial charge in [-0.25, -0.2) is 9.50 Å². The number of nitrogens with one attached hydrogen (secondary N) is 1. The Bertz CT molecular complexity index is 1910. The van der Waals surface area contributed by atoms with Gasteiger partial charge in [-0.15, -0.1) is 5.10 Å². The maximum absolute atomic E-state index is 13.4. The van der Waals surface area contributed by atoms with Crippen LogP contribution in [0.4, 0.5) is 5.82 Å². The van der Waals surface area contributed by atoms with Crippen LogP contribution in [0.15, 0.2) is 79.5 Å². The van der Waals surface area contributed by atoms with Gasteiger partial charge in [0.2, 0.25) is 0 Å².